The van der Waals surface area contributed by atoms with Crippen LogP contribution < -0.4 is 20.1 Å². The molecule has 0 saturated heterocycles. The van der Waals surface area contributed by atoms with E-state index in [0.717, 1.165) is 18.5 Å². The van der Waals surface area contributed by atoms with Gasteiger partial charge in [-0.1, -0.05) is 12.1 Å². The normalized spacial score (nSPS) is 12.8. The molecule has 1 aliphatic carbocycles. The van der Waals surface area contributed by atoms with Gasteiger partial charge in [-0.3, -0.25) is 4.79 Å². The Labute approximate surface area is 161 Å². The third kappa shape index (κ3) is 4.94. The molecule has 0 atom stereocenters. The number of nitrogens with one attached hydrogen (secondary N) is 2. The fraction of sp³-hybridized carbons (Fsp3) is 0.409. The maximum atomic E-state index is 12.5. The zero-order chi connectivity index (χ0) is 19.1. The van der Waals surface area contributed by atoms with Gasteiger partial charge in [-0.2, -0.15) is 0 Å². The number of hydrogen-bond donors (Lipinski definition) is 2. The van der Waals surface area contributed by atoms with Crippen LogP contribution in [0.5, 0.6) is 11.5 Å². The van der Waals surface area contributed by atoms with E-state index in [1.165, 1.54) is 24.0 Å². The van der Waals surface area contributed by atoms with Crippen molar-refractivity contribution >= 4 is 17.3 Å². The average Bonchev–Trinajstić information content (AvgIpc) is 2.68. The number of ether oxygens (including phenoxy) is 2. The molecule has 0 fully saturated rings. The van der Waals surface area contributed by atoms with Crippen molar-refractivity contribution in [3.63, 3.8) is 0 Å². The molecule has 2 aromatic rings. The van der Waals surface area contributed by atoms with Gasteiger partial charge in [0.1, 0.15) is 11.5 Å². The first-order chi connectivity index (χ1) is 13.2. The van der Waals surface area contributed by atoms with Crippen molar-refractivity contribution in [3.05, 3.63) is 47.5 Å². The molecule has 0 radical (unpaired) electrons. The Hall–Kier alpha value is -2.69. The number of rotatable bonds is 8. The van der Waals surface area contributed by atoms with E-state index in [4.69, 9.17) is 9.47 Å². The predicted molar refractivity (Wildman–Crippen MR) is 109 cm³/mol. The third-order valence-electron chi connectivity index (χ3n) is 4.67. The average molecular weight is 368 g/mol. The summed E-state index contributed by atoms with van der Waals surface area (Å²) in [5.74, 6) is 1.24. The lowest BCUT2D eigenvalue weighted by Crippen LogP contribution is -2.23. The second kappa shape index (κ2) is 9.31. The van der Waals surface area contributed by atoms with E-state index < -0.39 is 0 Å². The summed E-state index contributed by atoms with van der Waals surface area (Å²) in [6, 6.07) is 11.8. The van der Waals surface area contributed by atoms with Gasteiger partial charge in [-0.25, -0.2) is 0 Å². The van der Waals surface area contributed by atoms with E-state index in [9.17, 15) is 4.79 Å². The first kappa shape index (κ1) is 19.1. The molecule has 0 aromatic heterocycles. The zero-order valence-corrected chi connectivity index (χ0v) is 16.1. The molecule has 0 heterocycles. The number of carbonyl (C=O) groups is 1. The Kier molecular flexibility index (Phi) is 6.58. The van der Waals surface area contributed by atoms with Crippen LogP contribution in [-0.2, 0) is 17.6 Å². The van der Waals surface area contributed by atoms with E-state index in [2.05, 4.69) is 28.8 Å². The molecule has 0 unspecified atom stereocenters. The minimum absolute atomic E-state index is 0.113. The van der Waals surface area contributed by atoms with E-state index >= 15 is 0 Å². The summed E-state index contributed by atoms with van der Waals surface area (Å²) in [6.07, 6.45) is 4.65. The Morgan fingerprint density at radius 3 is 2.63 bits per heavy atom. The van der Waals surface area contributed by atoms with Crippen LogP contribution in [0.15, 0.2) is 36.4 Å². The molecule has 1 amide bonds. The van der Waals surface area contributed by atoms with E-state index in [1.54, 1.807) is 6.07 Å². The van der Waals surface area contributed by atoms with Crippen LogP contribution in [-0.4, -0.2) is 25.7 Å². The van der Waals surface area contributed by atoms with Crippen molar-refractivity contribution in [2.24, 2.45) is 0 Å². The number of benzene rings is 2. The van der Waals surface area contributed by atoms with E-state index in [0.29, 0.717) is 30.4 Å². The maximum Gasteiger partial charge on any atom is 0.243 e. The SMILES string of the molecule is CCOc1ccc(OCC)c(NC(=O)CNc2cccc3c2CCCC3)c1. The van der Waals surface area contributed by atoms with Gasteiger partial charge in [0.2, 0.25) is 5.91 Å². The standard InChI is InChI=1S/C22H28N2O3/c1-3-26-17-12-13-21(27-4-2)20(14-17)24-22(25)15-23-19-11-7-9-16-8-5-6-10-18(16)19/h7,9,11-14,23H,3-6,8,10,15H2,1-2H3,(H,24,25). The number of hydrogen-bond acceptors (Lipinski definition) is 4. The molecule has 27 heavy (non-hydrogen) atoms. The Bertz CT molecular complexity index is 789. The monoisotopic (exact) mass is 368 g/mol. The summed E-state index contributed by atoms with van der Waals surface area (Å²) in [7, 11) is 0. The molecule has 144 valence electrons. The number of fused-ring (bicyclic) bond motifs is 1. The third-order valence-corrected chi connectivity index (χ3v) is 4.67. The van der Waals surface area contributed by atoms with Crippen LogP contribution in [0.2, 0.25) is 0 Å². The van der Waals surface area contributed by atoms with Crippen LogP contribution in [0.3, 0.4) is 0 Å². The molecule has 2 N–H and O–H groups in total. The van der Waals surface area contributed by atoms with Crippen molar-refractivity contribution in [3.8, 4) is 11.5 Å². The summed E-state index contributed by atoms with van der Waals surface area (Å²) in [6.45, 7) is 5.16. The largest absolute Gasteiger partial charge is 0.494 e. The lowest BCUT2D eigenvalue weighted by Gasteiger charge is -2.20. The highest BCUT2D eigenvalue weighted by atomic mass is 16.5. The fourth-order valence-corrected chi connectivity index (χ4v) is 3.46. The fourth-order valence-electron chi connectivity index (χ4n) is 3.46. The lowest BCUT2D eigenvalue weighted by atomic mass is 9.90. The van der Waals surface area contributed by atoms with Gasteiger partial charge in [-0.05, 0) is 68.9 Å². The molecular weight excluding hydrogens is 340 g/mol. The Balaban J connectivity index is 1.66. The number of anilines is 2. The van der Waals surface area contributed by atoms with Crippen LogP contribution in [0.1, 0.15) is 37.8 Å². The highest BCUT2D eigenvalue weighted by Gasteiger charge is 2.14. The topological polar surface area (TPSA) is 59.6 Å². The number of carbonyl (C=O) groups excluding carboxylic acids is 1. The van der Waals surface area contributed by atoms with E-state index in [1.807, 2.05) is 26.0 Å². The molecule has 0 bridgehead atoms. The predicted octanol–water partition coefficient (Wildman–Crippen LogP) is 4.41. The maximum absolute atomic E-state index is 12.5. The molecule has 0 aliphatic heterocycles. The Morgan fingerprint density at radius 2 is 1.81 bits per heavy atom. The van der Waals surface area contributed by atoms with Crippen molar-refractivity contribution < 1.29 is 14.3 Å². The van der Waals surface area contributed by atoms with Crippen molar-refractivity contribution in [1.29, 1.82) is 0 Å². The van der Waals surface area contributed by atoms with Crippen LogP contribution >= 0.6 is 0 Å². The number of amides is 1. The summed E-state index contributed by atoms with van der Waals surface area (Å²) >= 11 is 0. The van der Waals surface area contributed by atoms with Gasteiger partial charge in [0, 0.05) is 11.8 Å². The second-order valence-corrected chi connectivity index (χ2v) is 6.58. The molecule has 2 aromatic carbocycles. The Morgan fingerprint density at radius 1 is 1.00 bits per heavy atom. The molecule has 0 saturated carbocycles. The van der Waals surface area contributed by atoms with Crippen molar-refractivity contribution in [2.45, 2.75) is 39.5 Å². The highest BCUT2D eigenvalue weighted by Crippen LogP contribution is 2.30. The van der Waals surface area contributed by atoms with Crippen LogP contribution in [0, 0.1) is 0 Å². The summed E-state index contributed by atoms with van der Waals surface area (Å²) < 4.78 is 11.1. The van der Waals surface area contributed by atoms with Gasteiger partial charge in [-0.15, -0.1) is 0 Å². The first-order valence-corrected chi connectivity index (χ1v) is 9.75. The first-order valence-electron chi connectivity index (χ1n) is 9.75. The summed E-state index contributed by atoms with van der Waals surface area (Å²) in [4.78, 5) is 12.5. The molecule has 1 aliphatic rings. The van der Waals surface area contributed by atoms with E-state index in [-0.39, 0.29) is 12.5 Å². The van der Waals surface area contributed by atoms with Gasteiger partial charge in [0.15, 0.2) is 0 Å². The van der Waals surface area contributed by atoms with Crippen molar-refractivity contribution in [1.82, 2.24) is 0 Å². The zero-order valence-electron chi connectivity index (χ0n) is 16.1. The van der Waals surface area contributed by atoms with Crippen LogP contribution in [0.4, 0.5) is 11.4 Å². The van der Waals surface area contributed by atoms with Crippen molar-refractivity contribution in [2.75, 3.05) is 30.4 Å². The summed E-state index contributed by atoms with van der Waals surface area (Å²) in [5, 5.41) is 6.24. The molecule has 5 nitrogen and oxygen atoms in total. The molecule has 5 heteroatoms. The lowest BCUT2D eigenvalue weighted by molar-refractivity contribution is -0.114. The van der Waals surface area contributed by atoms with Gasteiger partial charge in [0.25, 0.3) is 0 Å². The summed E-state index contributed by atoms with van der Waals surface area (Å²) in [5.41, 5.74) is 4.44. The molecule has 3 rings (SSSR count). The number of aryl methyl sites for hydroxylation is 1. The minimum atomic E-state index is -0.113. The van der Waals surface area contributed by atoms with Gasteiger partial charge < -0.3 is 20.1 Å². The minimum Gasteiger partial charge on any atom is -0.494 e. The van der Waals surface area contributed by atoms with Gasteiger partial charge >= 0.3 is 0 Å². The van der Waals surface area contributed by atoms with Crippen LogP contribution in [0.25, 0.3) is 0 Å². The smallest absolute Gasteiger partial charge is 0.243 e. The van der Waals surface area contributed by atoms with Gasteiger partial charge in [0.05, 0.1) is 25.4 Å². The molecular formula is C22H28N2O3. The molecule has 0 spiro atoms. The quantitative estimate of drug-likeness (QED) is 0.724. The highest BCUT2D eigenvalue weighted by molar-refractivity contribution is 5.95. The second-order valence-electron chi connectivity index (χ2n) is 6.58.